The van der Waals surface area contributed by atoms with E-state index in [1.54, 1.807) is 0 Å². The van der Waals surface area contributed by atoms with Crippen LogP contribution in [0.15, 0.2) is 30.3 Å². The van der Waals surface area contributed by atoms with E-state index in [2.05, 4.69) is 51.4 Å². The molecule has 0 radical (unpaired) electrons. The molecule has 0 spiro atoms. The highest BCUT2D eigenvalue weighted by molar-refractivity contribution is 8.93. The third-order valence-corrected chi connectivity index (χ3v) is 5.57. The predicted molar refractivity (Wildman–Crippen MR) is 147 cm³/mol. The first kappa shape index (κ1) is 32.8. The van der Waals surface area contributed by atoms with Gasteiger partial charge in [0.05, 0.1) is 20.6 Å². The van der Waals surface area contributed by atoms with E-state index in [0.29, 0.717) is 0 Å². The monoisotopic (exact) mass is 499 g/mol. The van der Waals surface area contributed by atoms with E-state index in [1.807, 2.05) is 26.0 Å². The highest BCUT2D eigenvalue weighted by Crippen LogP contribution is 2.14. The lowest BCUT2D eigenvalue weighted by atomic mass is 10.0. The van der Waals surface area contributed by atoms with Crippen molar-refractivity contribution in [3.05, 3.63) is 35.9 Å². The average Bonchev–Trinajstić information content (AvgIpc) is 2.68. The largest absolute Gasteiger partial charge is 0.325 e. The molecule has 3 heteroatoms. The van der Waals surface area contributed by atoms with Crippen LogP contribution in [0.1, 0.15) is 102 Å². The Balaban J connectivity index is 0. The minimum Gasteiger partial charge on any atom is -0.325 e. The Morgan fingerprint density at radius 3 is 1.35 bits per heavy atom. The number of quaternary nitrogens is 1. The number of hydrogen-bond acceptors (Lipinski definition) is 1. The molecule has 1 rings (SSSR count). The van der Waals surface area contributed by atoms with Crippen LogP contribution in [-0.2, 0) is 6.54 Å². The van der Waals surface area contributed by atoms with Crippen LogP contribution in [0.4, 0.5) is 0 Å². The molecule has 0 heterocycles. The minimum absolute atomic E-state index is 0. The summed E-state index contributed by atoms with van der Waals surface area (Å²) in [6.07, 6.45) is 20.2. The van der Waals surface area contributed by atoms with Crippen LogP contribution in [0.25, 0.3) is 0 Å². The highest BCUT2D eigenvalue weighted by atomic mass is 79.9. The fraction of sp³-hybridized carbons (Fsp3) is 0.786. The number of nitrogens with zero attached hydrogens (tertiary/aromatic N) is 2. The fourth-order valence-electron chi connectivity index (χ4n) is 3.89. The van der Waals surface area contributed by atoms with E-state index >= 15 is 0 Å². The standard InChI is InChI=1S/C25H46N.C3H9N.BrH/c1-4-5-6-7-8-9-10-11-12-13-14-15-16-20-23-26(2,3)24-25-21-18-17-19-22-25;1-4(2)3;/h17-19,21-22H,4-16,20,23-24H2,1-3H3;1-3H3;1H/q+1;;. The van der Waals surface area contributed by atoms with Crippen molar-refractivity contribution in [2.75, 3.05) is 41.8 Å². The summed E-state index contributed by atoms with van der Waals surface area (Å²) in [6.45, 7) is 4.75. The molecule has 0 N–H and O–H groups in total. The Kier molecular flexibility index (Phi) is 24.1. The van der Waals surface area contributed by atoms with Gasteiger partial charge in [-0.3, -0.25) is 0 Å². The van der Waals surface area contributed by atoms with Crippen LogP contribution in [-0.4, -0.2) is 51.2 Å². The number of hydrogen-bond donors (Lipinski definition) is 0. The topological polar surface area (TPSA) is 3.24 Å². The lowest BCUT2D eigenvalue weighted by molar-refractivity contribution is -0.903. The average molecular weight is 501 g/mol. The van der Waals surface area contributed by atoms with Crippen molar-refractivity contribution in [3.63, 3.8) is 0 Å². The SMILES string of the molecule is Br.CCCCCCCCCCCCCCCC[N+](C)(C)Cc1ccccc1.CN(C)C. The zero-order chi connectivity index (χ0) is 22.5. The van der Waals surface area contributed by atoms with Gasteiger partial charge in [-0.25, -0.2) is 0 Å². The molecular formula is C28H56BrN2+. The molecular weight excluding hydrogens is 444 g/mol. The Bertz CT molecular complexity index is 457. The molecule has 2 nitrogen and oxygen atoms in total. The van der Waals surface area contributed by atoms with Crippen molar-refractivity contribution in [2.45, 2.75) is 103 Å². The third-order valence-electron chi connectivity index (χ3n) is 5.57. The van der Waals surface area contributed by atoms with Gasteiger partial charge in [0.1, 0.15) is 6.54 Å². The first-order valence-corrected chi connectivity index (χ1v) is 12.8. The first-order chi connectivity index (χ1) is 14.4. The molecule has 0 aliphatic heterocycles. The van der Waals surface area contributed by atoms with Gasteiger partial charge in [-0.1, -0.05) is 114 Å². The van der Waals surface area contributed by atoms with E-state index in [9.17, 15) is 0 Å². The fourth-order valence-corrected chi connectivity index (χ4v) is 3.89. The molecule has 0 saturated heterocycles. The zero-order valence-corrected chi connectivity index (χ0v) is 23.7. The summed E-state index contributed by atoms with van der Waals surface area (Å²) in [5, 5.41) is 0. The van der Waals surface area contributed by atoms with E-state index in [0.717, 1.165) is 11.0 Å². The number of unbranched alkanes of at least 4 members (excludes halogenated alkanes) is 13. The molecule has 184 valence electrons. The van der Waals surface area contributed by atoms with Crippen molar-refractivity contribution in [3.8, 4) is 0 Å². The van der Waals surface area contributed by atoms with Gasteiger partial charge in [0.15, 0.2) is 0 Å². The summed E-state index contributed by atoms with van der Waals surface area (Å²) in [5.74, 6) is 0. The van der Waals surface area contributed by atoms with E-state index in [-0.39, 0.29) is 17.0 Å². The molecule has 0 saturated carbocycles. The van der Waals surface area contributed by atoms with Gasteiger partial charge in [-0.2, -0.15) is 0 Å². The van der Waals surface area contributed by atoms with Gasteiger partial charge in [-0.15, -0.1) is 17.0 Å². The van der Waals surface area contributed by atoms with E-state index < -0.39 is 0 Å². The van der Waals surface area contributed by atoms with Crippen LogP contribution < -0.4 is 0 Å². The Labute approximate surface area is 207 Å². The van der Waals surface area contributed by atoms with Gasteiger partial charge >= 0.3 is 0 Å². The summed E-state index contributed by atoms with van der Waals surface area (Å²) >= 11 is 0. The summed E-state index contributed by atoms with van der Waals surface area (Å²) in [6, 6.07) is 10.9. The van der Waals surface area contributed by atoms with Crippen LogP contribution in [0.5, 0.6) is 0 Å². The predicted octanol–water partition coefficient (Wildman–Crippen LogP) is 8.50. The molecule has 0 unspecified atom stereocenters. The molecule has 0 atom stereocenters. The quantitative estimate of drug-likeness (QED) is 0.153. The van der Waals surface area contributed by atoms with Gasteiger partial charge in [0.25, 0.3) is 0 Å². The van der Waals surface area contributed by atoms with Gasteiger partial charge < -0.3 is 9.38 Å². The molecule has 0 aliphatic carbocycles. The van der Waals surface area contributed by atoms with Gasteiger partial charge in [0, 0.05) is 5.56 Å². The number of benzene rings is 1. The van der Waals surface area contributed by atoms with E-state index in [4.69, 9.17) is 0 Å². The Morgan fingerprint density at radius 2 is 0.968 bits per heavy atom. The maximum atomic E-state index is 2.37. The first-order valence-electron chi connectivity index (χ1n) is 12.8. The zero-order valence-electron chi connectivity index (χ0n) is 22.0. The summed E-state index contributed by atoms with van der Waals surface area (Å²) in [5.41, 5.74) is 1.46. The molecule has 1 aromatic carbocycles. The second-order valence-electron chi connectivity index (χ2n) is 10.2. The molecule has 31 heavy (non-hydrogen) atoms. The van der Waals surface area contributed by atoms with Crippen LogP contribution in [0, 0.1) is 0 Å². The Morgan fingerprint density at radius 1 is 0.613 bits per heavy atom. The number of rotatable bonds is 17. The highest BCUT2D eigenvalue weighted by Gasteiger charge is 2.14. The normalized spacial score (nSPS) is 11.1. The van der Waals surface area contributed by atoms with Gasteiger partial charge in [-0.05, 0) is 34.0 Å². The van der Waals surface area contributed by atoms with Gasteiger partial charge in [0.2, 0.25) is 0 Å². The summed E-state index contributed by atoms with van der Waals surface area (Å²) in [7, 11) is 10.7. The van der Waals surface area contributed by atoms with Crippen molar-refractivity contribution < 1.29 is 4.48 Å². The molecule has 0 aliphatic rings. The minimum atomic E-state index is 0. The van der Waals surface area contributed by atoms with Crippen LogP contribution in [0.2, 0.25) is 0 Å². The molecule has 0 fully saturated rings. The van der Waals surface area contributed by atoms with Crippen LogP contribution >= 0.6 is 17.0 Å². The summed E-state index contributed by atoms with van der Waals surface area (Å²) < 4.78 is 1.11. The maximum absolute atomic E-state index is 2.37. The molecule has 0 aromatic heterocycles. The maximum Gasteiger partial charge on any atom is 0.104 e. The van der Waals surface area contributed by atoms with Crippen molar-refractivity contribution in [1.82, 2.24) is 4.90 Å². The summed E-state index contributed by atoms with van der Waals surface area (Å²) in [4.78, 5) is 2.00. The van der Waals surface area contributed by atoms with Crippen LogP contribution in [0.3, 0.4) is 0 Å². The smallest absolute Gasteiger partial charge is 0.104 e. The third kappa shape index (κ3) is 25.8. The van der Waals surface area contributed by atoms with Crippen molar-refractivity contribution in [1.29, 1.82) is 0 Å². The molecule has 0 bridgehead atoms. The second-order valence-corrected chi connectivity index (χ2v) is 10.2. The second kappa shape index (κ2) is 22.8. The van der Waals surface area contributed by atoms with E-state index in [1.165, 1.54) is 102 Å². The van der Waals surface area contributed by atoms with Crippen molar-refractivity contribution in [2.24, 2.45) is 0 Å². The Hall–Kier alpha value is -0.380. The lowest BCUT2D eigenvalue weighted by Gasteiger charge is -2.30. The molecule has 0 amide bonds. The number of halogens is 1. The molecule has 1 aromatic rings. The lowest BCUT2D eigenvalue weighted by Crippen LogP contribution is -2.39. The van der Waals surface area contributed by atoms with Crippen molar-refractivity contribution >= 4 is 17.0 Å².